The molecule has 0 heterocycles. The van der Waals surface area contributed by atoms with Crippen LogP contribution in [-0.2, 0) is 18.6 Å². The molecule has 0 unspecified atom stereocenters. The van der Waals surface area contributed by atoms with Crippen LogP contribution >= 0.6 is 0 Å². The monoisotopic (exact) mass is 267 g/mol. The molecule has 0 saturated carbocycles. The average molecular weight is 268 g/mol. The second-order valence-corrected chi connectivity index (χ2v) is 3.31. The molecule has 1 radical (unpaired) electrons. The topological polar surface area (TPSA) is 47.6 Å². The number of hydrogen-bond donors (Lipinski definition) is 0. The van der Waals surface area contributed by atoms with Crippen LogP contribution in [0.1, 0.15) is 34.1 Å². The summed E-state index contributed by atoms with van der Waals surface area (Å²) in [6.07, 6.45) is 10.0. The maximum Gasteiger partial charge on any atom is 4.00 e. The average Bonchev–Trinajstić information content (AvgIpc) is 2.35. The van der Waals surface area contributed by atoms with Gasteiger partial charge < -0.3 is 23.9 Å². The first kappa shape index (κ1) is 24.5. The van der Waals surface area contributed by atoms with Crippen molar-refractivity contribution < 1.29 is 31.0 Å². The quantitative estimate of drug-likeness (QED) is 0.592. The predicted molar refractivity (Wildman–Crippen MR) is 60.5 cm³/mol. The van der Waals surface area contributed by atoms with Crippen molar-refractivity contribution in [1.29, 1.82) is 0 Å². The van der Waals surface area contributed by atoms with Gasteiger partial charge in [-0.1, -0.05) is 27.7 Å². The Morgan fingerprint density at radius 2 is 1.40 bits per heavy atom. The Balaban J connectivity index is -0.0000000575. The predicted octanol–water partition coefficient (Wildman–Crippen LogP) is 1.20. The molecule has 87 valence electrons. The molecule has 0 aromatic heterocycles. The molecule has 0 bridgehead atoms. The Hall–Kier alpha value is 0.274. The van der Waals surface area contributed by atoms with E-state index >= 15 is 0 Å². The van der Waals surface area contributed by atoms with Crippen LogP contribution in [0.2, 0.25) is 0 Å². The largest absolute Gasteiger partial charge is 4.00 e. The third-order valence-electron chi connectivity index (χ3n) is 0.586. The maximum atomic E-state index is 6.58. The Labute approximate surface area is 113 Å². The Morgan fingerprint density at radius 1 is 1.07 bits per heavy atom. The fourth-order valence-corrected chi connectivity index (χ4v) is 0.340. The smallest absolute Gasteiger partial charge is 1.00 e. The summed E-state index contributed by atoms with van der Waals surface area (Å²) in [7, 11) is 0. The summed E-state index contributed by atoms with van der Waals surface area (Å²) >= 11 is 0. The van der Waals surface area contributed by atoms with Gasteiger partial charge in [0, 0.05) is 0 Å². The zero-order valence-electron chi connectivity index (χ0n) is 9.92. The van der Waals surface area contributed by atoms with Gasteiger partial charge in [0.15, 0.2) is 0 Å². The minimum atomic E-state index is 0. The number of halogens is 1. The molecule has 2 nitrogen and oxygen atoms in total. The Kier molecular flexibility index (Phi) is 32.3. The van der Waals surface area contributed by atoms with E-state index < -0.39 is 0 Å². The summed E-state index contributed by atoms with van der Waals surface area (Å²) in [6.45, 7) is 7.33. The molecule has 0 aliphatic heterocycles. The van der Waals surface area contributed by atoms with Crippen LogP contribution in [0, 0.1) is 6.08 Å². The molecule has 1 aliphatic carbocycles. The van der Waals surface area contributed by atoms with E-state index in [4.69, 9.17) is 11.5 Å². The van der Waals surface area contributed by atoms with E-state index in [-0.39, 0.29) is 43.0 Å². The van der Waals surface area contributed by atoms with Gasteiger partial charge in [0.1, 0.15) is 0 Å². The molecular weight excluding hydrogens is 247 g/mol. The minimum Gasteiger partial charge on any atom is -1.00 e. The third-order valence-corrected chi connectivity index (χ3v) is 0.586. The van der Waals surface area contributed by atoms with E-state index in [1.807, 2.05) is 39.8 Å². The van der Waals surface area contributed by atoms with E-state index in [2.05, 4.69) is 12.2 Å². The van der Waals surface area contributed by atoms with Crippen LogP contribution in [0.15, 0.2) is 18.2 Å². The summed E-state index contributed by atoms with van der Waals surface area (Å²) in [5.41, 5.74) is 13.2. The first-order chi connectivity index (χ1) is 5.96. The number of hydrogen-bond acceptors (Lipinski definition) is 0. The zero-order valence-corrected chi connectivity index (χ0v) is 12.1. The van der Waals surface area contributed by atoms with Gasteiger partial charge in [-0.15, -0.1) is 18.5 Å². The molecule has 0 aromatic rings. The van der Waals surface area contributed by atoms with Crippen molar-refractivity contribution >= 4 is 0 Å². The van der Waals surface area contributed by atoms with E-state index in [1.165, 1.54) is 0 Å². The number of allylic oxidation sites excluding steroid dienone is 4. The molecular formula is C11H21ClN2V. The first-order valence-electron chi connectivity index (χ1n) is 4.60. The molecule has 0 fully saturated rings. The van der Waals surface area contributed by atoms with Gasteiger partial charge in [0.2, 0.25) is 0 Å². The van der Waals surface area contributed by atoms with Crippen LogP contribution in [0.4, 0.5) is 0 Å². The molecule has 2 N–H and O–H groups in total. The normalized spacial score (nSPS) is 10.7. The van der Waals surface area contributed by atoms with Crippen molar-refractivity contribution in [3.8, 4) is 0 Å². The Bertz CT molecular complexity index is 124. The van der Waals surface area contributed by atoms with Crippen molar-refractivity contribution in [2.75, 3.05) is 0 Å². The third kappa shape index (κ3) is 77.3. The molecule has 1 aliphatic rings. The molecule has 0 saturated heterocycles. The second-order valence-electron chi connectivity index (χ2n) is 3.31. The van der Waals surface area contributed by atoms with E-state index in [0.717, 1.165) is 6.42 Å². The van der Waals surface area contributed by atoms with E-state index in [1.54, 1.807) is 0 Å². The Morgan fingerprint density at radius 3 is 1.47 bits per heavy atom. The molecule has 0 aromatic carbocycles. The van der Waals surface area contributed by atoms with Crippen LogP contribution in [0.3, 0.4) is 0 Å². The summed E-state index contributed by atoms with van der Waals surface area (Å²) in [4.78, 5) is 0. The van der Waals surface area contributed by atoms with Gasteiger partial charge in [-0.3, -0.25) is 6.08 Å². The molecule has 0 amide bonds. The molecule has 4 heteroatoms. The minimum absolute atomic E-state index is 0. The zero-order chi connectivity index (χ0) is 10.7. The summed E-state index contributed by atoms with van der Waals surface area (Å²) in [6, 6.07) is 0.167. The summed E-state index contributed by atoms with van der Waals surface area (Å²) in [5, 5.41) is 0. The van der Waals surface area contributed by atoms with Crippen molar-refractivity contribution in [3.05, 3.63) is 35.8 Å². The molecule has 0 atom stereocenters. The van der Waals surface area contributed by atoms with E-state index in [0.29, 0.717) is 0 Å². The fourth-order valence-electron chi connectivity index (χ4n) is 0.340. The van der Waals surface area contributed by atoms with Gasteiger partial charge in [-0.2, -0.15) is 6.08 Å². The summed E-state index contributed by atoms with van der Waals surface area (Å²) in [5.74, 6) is 0. The van der Waals surface area contributed by atoms with Crippen molar-refractivity contribution in [3.63, 3.8) is 0 Å². The van der Waals surface area contributed by atoms with Crippen LogP contribution in [0.5, 0.6) is 0 Å². The fraction of sp³-hybridized carbons (Fsp3) is 0.636. The van der Waals surface area contributed by atoms with Crippen molar-refractivity contribution in [2.45, 2.75) is 46.2 Å². The van der Waals surface area contributed by atoms with Crippen molar-refractivity contribution in [1.82, 2.24) is 0 Å². The summed E-state index contributed by atoms with van der Waals surface area (Å²) < 4.78 is 0. The first-order valence-corrected chi connectivity index (χ1v) is 4.60. The molecule has 1 rings (SSSR count). The SMILES string of the molecule is CC(C)[NH-].CC(C)[NH-].[C-]1=CC=CC1.[Cl-].[V+4]. The van der Waals surface area contributed by atoms with Gasteiger partial charge in [-0.05, 0) is 0 Å². The van der Waals surface area contributed by atoms with Gasteiger partial charge in [0.05, 0.1) is 0 Å². The van der Waals surface area contributed by atoms with E-state index in [9.17, 15) is 0 Å². The molecule has 15 heavy (non-hydrogen) atoms. The standard InChI is InChI=1S/C5H5.2C3H8N.ClH.V/c1-2-4-5-3-1;2*1-3(2)4;;/h1-3H,4H2;2*3-4H,1-2H3;1H;/q3*-1;;+4/p-1. The second kappa shape index (κ2) is 19.8. The van der Waals surface area contributed by atoms with Crippen LogP contribution < -0.4 is 12.4 Å². The van der Waals surface area contributed by atoms with Crippen molar-refractivity contribution in [2.24, 2.45) is 0 Å². The van der Waals surface area contributed by atoms with Gasteiger partial charge in [-0.25, -0.2) is 12.2 Å². The molecule has 0 spiro atoms. The van der Waals surface area contributed by atoms with Gasteiger partial charge >= 0.3 is 18.6 Å². The van der Waals surface area contributed by atoms with Gasteiger partial charge in [0.25, 0.3) is 0 Å². The number of nitrogens with one attached hydrogen (secondary N) is 2. The maximum absolute atomic E-state index is 6.58. The van der Waals surface area contributed by atoms with Crippen LogP contribution in [-0.4, -0.2) is 12.1 Å². The number of rotatable bonds is 0. The van der Waals surface area contributed by atoms with Crippen LogP contribution in [0.25, 0.3) is 11.5 Å².